The molecule has 2 aromatic heterocycles. The smallest absolute Gasteiger partial charge is 0.143 e. The normalized spacial score (nSPS) is 11.8. The second-order valence-electron chi connectivity index (χ2n) is 13.7. The van der Waals surface area contributed by atoms with Gasteiger partial charge >= 0.3 is 0 Å². The third kappa shape index (κ3) is 4.86. The number of fused-ring (bicyclic) bond motifs is 9. The molecule has 0 spiro atoms. The molecule has 53 heavy (non-hydrogen) atoms. The first kappa shape index (κ1) is 30.0. The first-order chi connectivity index (χ1) is 26.3. The summed E-state index contributed by atoms with van der Waals surface area (Å²) in [5.74, 6) is 0. The van der Waals surface area contributed by atoms with E-state index in [2.05, 4.69) is 193 Å². The number of para-hydroxylation sites is 1. The molecule has 0 atom stereocenters. The number of benzene rings is 9. The van der Waals surface area contributed by atoms with Crippen LogP contribution in [0.15, 0.2) is 192 Å². The van der Waals surface area contributed by atoms with Crippen LogP contribution in [0.3, 0.4) is 0 Å². The summed E-state index contributed by atoms with van der Waals surface area (Å²) in [7, 11) is 0. The maximum atomic E-state index is 6.73. The lowest BCUT2D eigenvalue weighted by Gasteiger charge is -2.29. The molecule has 3 heteroatoms. The highest BCUT2D eigenvalue weighted by molar-refractivity contribution is 7.25. The maximum Gasteiger partial charge on any atom is 0.143 e. The molecule has 0 aliphatic heterocycles. The molecule has 2 heterocycles. The third-order valence-corrected chi connectivity index (χ3v) is 11.8. The largest absolute Gasteiger partial charge is 0.455 e. The van der Waals surface area contributed by atoms with Crippen molar-refractivity contribution >= 4 is 92.1 Å². The zero-order valence-corrected chi connectivity index (χ0v) is 29.5. The summed E-state index contributed by atoms with van der Waals surface area (Å²) in [6, 6.07) is 68.1. The second-order valence-corrected chi connectivity index (χ2v) is 14.8. The number of thiophene rings is 1. The van der Waals surface area contributed by atoms with E-state index in [-0.39, 0.29) is 0 Å². The van der Waals surface area contributed by atoms with E-state index >= 15 is 0 Å². The molecule has 0 radical (unpaired) electrons. The average Bonchev–Trinajstić information content (AvgIpc) is 3.80. The summed E-state index contributed by atoms with van der Waals surface area (Å²) in [5.41, 5.74) is 9.74. The molecule has 0 aliphatic rings. The van der Waals surface area contributed by atoms with Crippen LogP contribution in [0.5, 0.6) is 0 Å². The van der Waals surface area contributed by atoms with Gasteiger partial charge in [-0.15, -0.1) is 11.3 Å². The predicted octanol–water partition coefficient (Wildman–Crippen LogP) is 15.1. The highest BCUT2D eigenvalue weighted by Gasteiger charge is 2.23. The van der Waals surface area contributed by atoms with Gasteiger partial charge in [0.05, 0.1) is 16.8 Å². The molecule has 11 aromatic rings. The molecule has 11 rings (SSSR count). The molecule has 0 bridgehead atoms. The summed E-state index contributed by atoms with van der Waals surface area (Å²) in [5, 5.41) is 9.57. The minimum atomic E-state index is 0.869. The van der Waals surface area contributed by atoms with Crippen LogP contribution in [-0.4, -0.2) is 0 Å². The summed E-state index contributed by atoms with van der Waals surface area (Å²) in [4.78, 5) is 2.43. The molecule has 2 nitrogen and oxygen atoms in total. The van der Waals surface area contributed by atoms with Crippen molar-refractivity contribution in [1.82, 2.24) is 0 Å². The Morgan fingerprint density at radius 2 is 1.08 bits per heavy atom. The lowest BCUT2D eigenvalue weighted by atomic mass is 9.98. The Hall–Kier alpha value is -6.68. The van der Waals surface area contributed by atoms with Gasteiger partial charge in [-0.2, -0.15) is 0 Å². The molecule has 0 aliphatic carbocycles. The monoisotopic (exact) mass is 693 g/mol. The van der Waals surface area contributed by atoms with Gasteiger partial charge in [-0.05, 0) is 87.4 Å². The van der Waals surface area contributed by atoms with Gasteiger partial charge in [0, 0.05) is 42.2 Å². The zero-order valence-electron chi connectivity index (χ0n) is 28.7. The minimum absolute atomic E-state index is 0.869. The summed E-state index contributed by atoms with van der Waals surface area (Å²) < 4.78 is 9.33. The van der Waals surface area contributed by atoms with Crippen LogP contribution < -0.4 is 4.90 Å². The van der Waals surface area contributed by atoms with Crippen LogP contribution in [0.25, 0.3) is 85.9 Å². The van der Waals surface area contributed by atoms with E-state index in [1.54, 1.807) is 0 Å². The molecule has 9 aromatic carbocycles. The van der Waals surface area contributed by atoms with Crippen molar-refractivity contribution in [1.29, 1.82) is 0 Å². The van der Waals surface area contributed by atoms with Crippen molar-refractivity contribution in [2.75, 3.05) is 4.90 Å². The number of hydrogen-bond donors (Lipinski definition) is 0. The number of anilines is 3. The average molecular weight is 694 g/mol. The molecule has 248 valence electrons. The van der Waals surface area contributed by atoms with Crippen LogP contribution in [0.4, 0.5) is 17.1 Å². The Bertz CT molecular complexity index is 3200. The Labute approximate surface area is 310 Å². The minimum Gasteiger partial charge on any atom is -0.455 e. The van der Waals surface area contributed by atoms with E-state index in [4.69, 9.17) is 4.42 Å². The van der Waals surface area contributed by atoms with Crippen molar-refractivity contribution in [3.8, 4) is 22.3 Å². The van der Waals surface area contributed by atoms with Crippen LogP contribution >= 0.6 is 11.3 Å². The van der Waals surface area contributed by atoms with Crippen molar-refractivity contribution in [2.45, 2.75) is 0 Å². The fraction of sp³-hybridized carbons (Fsp3) is 0. The van der Waals surface area contributed by atoms with Gasteiger partial charge < -0.3 is 9.32 Å². The van der Waals surface area contributed by atoms with E-state index in [0.29, 0.717) is 0 Å². The molecule has 0 saturated heterocycles. The van der Waals surface area contributed by atoms with Gasteiger partial charge in [0.15, 0.2) is 0 Å². The van der Waals surface area contributed by atoms with Crippen molar-refractivity contribution < 1.29 is 4.42 Å². The van der Waals surface area contributed by atoms with Crippen molar-refractivity contribution in [2.24, 2.45) is 0 Å². The lowest BCUT2D eigenvalue weighted by Crippen LogP contribution is -2.11. The van der Waals surface area contributed by atoms with E-state index in [1.807, 2.05) is 11.3 Å². The number of nitrogens with zero attached hydrogens (tertiary/aromatic N) is 1. The summed E-state index contributed by atoms with van der Waals surface area (Å²) in [6.45, 7) is 0. The van der Waals surface area contributed by atoms with Crippen LogP contribution in [-0.2, 0) is 0 Å². The maximum absolute atomic E-state index is 6.73. The van der Waals surface area contributed by atoms with Gasteiger partial charge in [0.25, 0.3) is 0 Å². The summed E-state index contributed by atoms with van der Waals surface area (Å²) >= 11 is 1.86. The predicted molar refractivity (Wildman–Crippen MR) is 227 cm³/mol. The number of rotatable bonds is 5. The van der Waals surface area contributed by atoms with Crippen molar-refractivity contribution in [3.63, 3.8) is 0 Å². The molecule has 0 saturated carbocycles. The third-order valence-electron chi connectivity index (χ3n) is 10.6. The lowest BCUT2D eigenvalue weighted by molar-refractivity contribution is 0.672. The van der Waals surface area contributed by atoms with E-state index in [0.717, 1.165) is 50.0 Å². The Balaban J connectivity index is 1.17. The van der Waals surface area contributed by atoms with Crippen LogP contribution in [0.1, 0.15) is 0 Å². The van der Waals surface area contributed by atoms with Gasteiger partial charge in [-0.1, -0.05) is 133 Å². The van der Waals surface area contributed by atoms with Gasteiger partial charge in [0.2, 0.25) is 0 Å². The highest BCUT2D eigenvalue weighted by atomic mass is 32.1. The van der Waals surface area contributed by atoms with Crippen LogP contribution in [0.2, 0.25) is 0 Å². The SMILES string of the molecule is c1cc(-c2ccc3ccccc3c2)cc(N(c2ccccc2-c2ccc3c(c2)sc2ccccc23)c2cccc3oc4c5ccccc5ccc4c23)c1. The Morgan fingerprint density at radius 3 is 2.02 bits per heavy atom. The fourth-order valence-corrected chi connectivity index (χ4v) is 9.27. The van der Waals surface area contributed by atoms with Gasteiger partial charge in [-0.3, -0.25) is 0 Å². The Kier molecular flexibility index (Phi) is 6.76. The van der Waals surface area contributed by atoms with E-state index < -0.39 is 0 Å². The zero-order chi connectivity index (χ0) is 34.9. The topological polar surface area (TPSA) is 16.4 Å². The quantitative estimate of drug-likeness (QED) is 0.178. The first-order valence-corrected chi connectivity index (χ1v) is 18.8. The standard InChI is InChI=1S/C50H31NOS/c1-2-13-34-29-36(24-23-32(34)11-1)35-14-9-15-38(30-35)51(45-20-10-21-46-49(45)43-28-25-33-12-3-4-17-40(33)50(43)52-46)44-19-7-5-16-39(44)37-26-27-42-41-18-6-8-22-47(41)53-48(42)31-37/h1-31H. The number of hydrogen-bond acceptors (Lipinski definition) is 3. The second kappa shape index (κ2) is 11.9. The van der Waals surface area contributed by atoms with E-state index in [1.165, 1.54) is 53.0 Å². The van der Waals surface area contributed by atoms with Gasteiger partial charge in [0.1, 0.15) is 11.2 Å². The fourth-order valence-electron chi connectivity index (χ4n) is 8.13. The van der Waals surface area contributed by atoms with E-state index in [9.17, 15) is 0 Å². The first-order valence-electron chi connectivity index (χ1n) is 18.0. The summed E-state index contributed by atoms with van der Waals surface area (Å²) in [6.07, 6.45) is 0. The molecular formula is C50H31NOS. The van der Waals surface area contributed by atoms with Crippen LogP contribution in [0, 0.1) is 0 Å². The molecular weight excluding hydrogens is 663 g/mol. The molecule has 0 fully saturated rings. The van der Waals surface area contributed by atoms with Gasteiger partial charge in [-0.25, -0.2) is 0 Å². The molecule has 0 N–H and O–H groups in total. The Morgan fingerprint density at radius 1 is 0.396 bits per heavy atom. The highest BCUT2D eigenvalue weighted by Crippen LogP contribution is 2.48. The molecule has 0 amide bonds. The molecule has 0 unspecified atom stereocenters. The number of furan rings is 1. The van der Waals surface area contributed by atoms with Crippen molar-refractivity contribution in [3.05, 3.63) is 188 Å².